The fraction of sp³-hybridized carbons (Fsp3) is 1.00. The maximum Gasteiger partial charge on any atom is 0.213 e. The molecule has 0 aromatic heterocycles. The van der Waals surface area contributed by atoms with Gasteiger partial charge in [-0.2, -0.15) is 0 Å². The summed E-state index contributed by atoms with van der Waals surface area (Å²) < 4.78 is 49.9. The van der Waals surface area contributed by atoms with Crippen LogP contribution < -0.4 is 4.72 Å². The van der Waals surface area contributed by atoms with Gasteiger partial charge >= 0.3 is 0 Å². The van der Waals surface area contributed by atoms with Crippen molar-refractivity contribution in [2.75, 3.05) is 24.6 Å². The van der Waals surface area contributed by atoms with E-state index in [-0.39, 0.29) is 17.5 Å². The van der Waals surface area contributed by atoms with Gasteiger partial charge in [0.1, 0.15) is 0 Å². The molecule has 0 saturated carbocycles. The molecule has 1 saturated heterocycles. The van der Waals surface area contributed by atoms with Crippen LogP contribution in [0.25, 0.3) is 0 Å². The molecule has 0 aromatic carbocycles. The van der Waals surface area contributed by atoms with Crippen LogP contribution in [0.1, 0.15) is 26.7 Å². The van der Waals surface area contributed by atoms with E-state index in [9.17, 15) is 16.8 Å². The Morgan fingerprint density at radius 1 is 1.06 bits per heavy atom. The van der Waals surface area contributed by atoms with E-state index < -0.39 is 20.0 Å². The van der Waals surface area contributed by atoms with E-state index in [0.717, 1.165) is 0 Å². The van der Waals surface area contributed by atoms with Crippen molar-refractivity contribution >= 4 is 20.0 Å². The molecule has 0 amide bonds. The molecule has 102 valence electrons. The molecule has 1 aliphatic rings. The van der Waals surface area contributed by atoms with Gasteiger partial charge in [-0.15, -0.1) is 0 Å². The average Bonchev–Trinajstić information content (AvgIpc) is 2.29. The van der Waals surface area contributed by atoms with Gasteiger partial charge in [-0.25, -0.2) is 25.9 Å². The second kappa shape index (κ2) is 5.64. The lowest BCUT2D eigenvalue weighted by molar-refractivity contribution is 0.309. The Bertz CT molecular complexity index is 436. The summed E-state index contributed by atoms with van der Waals surface area (Å²) in [6.07, 6.45) is 1.08. The quantitative estimate of drug-likeness (QED) is 0.754. The number of piperidine rings is 1. The fourth-order valence-corrected chi connectivity index (χ4v) is 3.81. The van der Waals surface area contributed by atoms with E-state index >= 15 is 0 Å². The number of rotatable bonds is 5. The summed E-state index contributed by atoms with van der Waals surface area (Å²) in [5, 5.41) is 0. The van der Waals surface area contributed by atoms with Crippen LogP contribution in [0.3, 0.4) is 0 Å². The molecule has 0 bridgehead atoms. The largest absolute Gasteiger partial charge is 0.213 e. The summed E-state index contributed by atoms with van der Waals surface area (Å²) in [6.45, 7) is 3.99. The van der Waals surface area contributed by atoms with Crippen LogP contribution in [0.4, 0.5) is 0 Å². The lowest BCUT2D eigenvalue weighted by Gasteiger charge is -2.31. The number of nitrogens with zero attached hydrogens (tertiary/aromatic N) is 1. The molecule has 0 atom stereocenters. The van der Waals surface area contributed by atoms with Gasteiger partial charge in [-0.05, 0) is 26.7 Å². The third-order valence-electron chi connectivity index (χ3n) is 2.94. The van der Waals surface area contributed by atoms with E-state index in [2.05, 4.69) is 4.72 Å². The monoisotopic (exact) mass is 284 g/mol. The molecule has 1 N–H and O–H groups in total. The molecule has 0 aromatic rings. The van der Waals surface area contributed by atoms with Crippen molar-refractivity contribution in [3.8, 4) is 0 Å². The van der Waals surface area contributed by atoms with E-state index in [1.165, 1.54) is 4.31 Å². The van der Waals surface area contributed by atoms with Crippen molar-refractivity contribution < 1.29 is 16.8 Å². The van der Waals surface area contributed by atoms with Crippen LogP contribution in [0.5, 0.6) is 0 Å². The van der Waals surface area contributed by atoms with Crippen molar-refractivity contribution in [2.24, 2.45) is 0 Å². The molecule has 0 radical (unpaired) electrons. The summed E-state index contributed by atoms with van der Waals surface area (Å²) in [5.41, 5.74) is 0. The van der Waals surface area contributed by atoms with E-state index in [1.807, 2.05) is 0 Å². The summed E-state index contributed by atoms with van der Waals surface area (Å²) >= 11 is 0. The van der Waals surface area contributed by atoms with Gasteiger partial charge in [-0.3, -0.25) is 0 Å². The number of nitrogens with one attached hydrogen (secondary N) is 1. The summed E-state index contributed by atoms with van der Waals surface area (Å²) in [7, 11) is -6.33. The van der Waals surface area contributed by atoms with Crippen LogP contribution in [-0.2, 0) is 20.0 Å². The van der Waals surface area contributed by atoms with Gasteiger partial charge in [0.05, 0.1) is 11.5 Å². The van der Waals surface area contributed by atoms with Gasteiger partial charge < -0.3 is 0 Å². The Morgan fingerprint density at radius 2 is 1.59 bits per heavy atom. The maximum absolute atomic E-state index is 11.6. The Morgan fingerprint density at radius 3 is 2.00 bits per heavy atom. The van der Waals surface area contributed by atoms with Gasteiger partial charge in [-0.1, -0.05) is 0 Å². The molecule has 0 unspecified atom stereocenters. The molecule has 17 heavy (non-hydrogen) atoms. The normalized spacial score (nSPS) is 20.6. The lowest BCUT2D eigenvalue weighted by Crippen LogP contribution is -2.47. The van der Waals surface area contributed by atoms with E-state index in [4.69, 9.17) is 0 Å². The zero-order valence-corrected chi connectivity index (χ0v) is 11.8. The molecule has 0 spiro atoms. The van der Waals surface area contributed by atoms with Gasteiger partial charge in [0.25, 0.3) is 0 Å². The van der Waals surface area contributed by atoms with Crippen LogP contribution in [0, 0.1) is 0 Å². The Hall–Kier alpha value is -0.180. The topological polar surface area (TPSA) is 83.6 Å². The second-order valence-electron chi connectivity index (χ2n) is 4.10. The highest BCUT2D eigenvalue weighted by Crippen LogP contribution is 2.15. The second-order valence-corrected chi connectivity index (χ2v) is 8.40. The Labute approximate surface area is 103 Å². The summed E-state index contributed by atoms with van der Waals surface area (Å²) in [4.78, 5) is 0. The Balaban J connectivity index is 2.52. The molecule has 8 heteroatoms. The third-order valence-corrected chi connectivity index (χ3v) is 6.27. The SMILES string of the molecule is CCS(=O)(=O)NC1CCN(S(=O)(=O)CC)CC1. The molecule has 0 aliphatic carbocycles. The molecule has 1 rings (SSSR count). The average molecular weight is 284 g/mol. The highest BCUT2D eigenvalue weighted by molar-refractivity contribution is 7.89. The molecular weight excluding hydrogens is 264 g/mol. The first kappa shape index (κ1) is 14.9. The van der Waals surface area contributed by atoms with E-state index in [0.29, 0.717) is 25.9 Å². The number of sulfonamides is 2. The zero-order valence-electron chi connectivity index (χ0n) is 10.2. The molecule has 1 heterocycles. The first-order valence-corrected chi connectivity index (χ1v) is 9.04. The van der Waals surface area contributed by atoms with E-state index in [1.54, 1.807) is 13.8 Å². The fourth-order valence-electron chi connectivity index (χ4n) is 1.77. The molecule has 1 fully saturated rings. The minimum absolute atomic E-state index is 0.0560. The van der Waals surface area contributed by atoms with Crippen molar-refractivity contribution in [2.45, 2.75) is 32.7 Å². The summed E-state index contributed by atoms with van der Waals surface area (Å²) in [5.74, 6) is 0.152. The maximum atomic E-state index is 11.6. The van der Waals surface area contributed by atoms with Gasteiger partial charge in [0, 0.05) is 19.1 Å². The van der Waals surface area contributed by atoms with Gasteiger partial charge in [0.2, 0.25) is 20.0 Å². The first-order chi connectivity index (χ1) is 7.80. The zero-order chi connectivity index (χ0) is 13.1. The third kappa shape index (κ3) is 4.20. The molecule has 6 nitrogen and oxygen atoms in total. The first-order valence-electron chi connectivity index (χ1n) is 5.78. The minimum atomic E-state index is -3.20. The van der Waals surface area contributed by atoms with Crippen molar-refractivity contribution in [3.63, 3.8) is 0 Å². The predicted octanol–water partition coefficient (Wildman–Crippen LogP) is -0.260. The van der Waals surface area contributed by atoms with Crippen LogP contribution >= 0.6 is 0 Å². The lowest BCUT2D eigenvalue weighted by atomic mass is 10.1. The molecule has 1 aliphatic heterocycles. The minimum Gasteiger partial charge on any atom is -0.212 e. The van der Waals surface area contributed by atoms with Crippen LogP contribution in [0.2, 0.25) is 0 Å². The summed E-state index contributed by atoms with van der Waals surface area (Å²) in [6, 6.07) is -0.136. The molecular formula is C9H20N2O4S2. The predicted molar refractivity (Wildman–Crippen MR) is 66.7 cm³/mol. The van der Waals surface area contributed by atoms with Crippen molar-refractivity contribution in [3.05, 3.63) is 0 Å². The smallest absolute Gasteiger partial charge is 0.212 e. The number of hydrogen-bond donors (Lipinski definition) is 1. The van der Waals surface area contributed by atoms with Gasteiger partial charge in [0.15, 0.2) is 0 Å². The highest BCUT2D eigenvalue weighted by Gasteiger charge is 2.28. The van der Waals surface area contributed by atoms with Crippen LogP contribution in [-0.4, -0.2) is 51.8 Å². The number of hydrogen-bond acceptors (Lipinski definition) is 4. The van der Waals surface area contributed by atoms with Crippen molar-refractivity contribution in [1.29, 1.82) is 0 Å². The highest BCUT2D eigenvalue weighted by atomic mass is 32.2. The Kier molecular flexibility index (Phi) is 4.94. The van der Waals surface area contributed by atoms with Crippen LogP contribution in [0.15, 0.2) is 0 Å². The van der Waals surface area contributed by atoms with Crippen molar-refractivity contribution in [1.82, 2.24) is 9.03 Å². The standard InChI is InChI=1S/C9H20N2O4S2/c1-3-16(12,13)10-9-5-7-11(8-6-9)17(14,15)4-2/h9-10H,3-8H2,1-2H3.